The normalized spacial score (nSPS) is 19.5. The van der Waals surface area contributed by atoms with Crippen LogP contribution in [0, 0.1) is 18.3 Å². The summed E-state index contributed by atoms with van der Waals surface area (Å²) in [6.45, 7) is 8.56. The van der Waals surface area contributed by atoms with Gasteiger partial charge in [-0.3, -0.25) is 4.79 Å². The van der Waals surface area contributed by atoms with E-state index in [4.69, 9.17) is 0 Å². The number of hydrogen-bond acceptors (Lipinski definition) is 3. The van der Waals surface area contributed by atoms with Crippen LogP contribution in [0.1, 0.15) is 69.6 Å². The first kappa shape index (κ1) is 20.2. The number of nitriles is 1. The summed E-state index contributed by atoms with van der Waals surface area (Å²) in [5.74, 6) is -0.253. The van der Waals surface area contributed by atoms with Gasteiger partial charge in [0.2, 0.25) is 0 Å². The lowest BCUT2D eigenvalue weighted by molar-refractivity contribution is -0.117. The van der Waals surface area contributed by atoms with Gasteiger partial charge in [-0.1, -0.05) is 25.3 Å². The lowest BCUT2D eigenvalue weighted by Gasteiger charge is -2.41. The Kier molecular flexibility index (Phi) is 5.65. The van der Waals surface area contributed by atoms with E-state index in [1.165, 1.54) is 17.7 Å². The van der Waals surface area contributed by atoms with E-state index in [9.17, 15) is 10.1 Å². The number of likely N-dealkylation sites (N-methyl/N-ethyl adjacent to an activating group) is 1. The Balaban J connectivity index is 1.91. The van der Waals surface area contributed by atoms with Gasteiger partial charge in [-0.25, -0.2) is 0 Å². The van der Waals surface area contributed by atoms with E-state index in [2.05, 4.69) is 62.3 Å². The second-order valence-corrected chi connectivity index (χ2v) is 8.74. The third-order valence-electron chi connectivity index (χ3n) is 6.21. The maximum Gasteiger partial charge on any atom is 0.262 e. The van der Waals surface area contributed by atoms with Gasteiger partial charge in [0.25, 0.3) is 5.91 Å². The molecule has 4 heteroatoms. The maximum atomic E-state index is 12.6. The van der Waals surface area contributed by atoms with Crippen LogP contribution >= 0.6 is 0 Å². The van der Waals surface area contributed by atoms with Crippen LogP contribution in [0.2, 0.25) is 0 Å². The van der Waals surface area contributed by atoms with Crippen LogP contribution in [0.25, 0.3) is 11.6 Å². The fraction of sp³-hybridized carbons (Fsp3) is 0.500. The molecule has 1 saturated carbocycles. The third-order valence-corrected chi connectivity index (χ3v) is 6.21. The van der Waals surface area contributed by atoms with Gasteiger partial charge in [0, 0.05) is 24.3 Å². The highest BCUT2D eigenvalue weighted by Crippen LogP contribution is 2.39. The predicted molar refractivity (Wildman–Crippen MR) is 116 cm³/mol. The minimum Gasteiger partial charge on any atom is -0.365 e. The largest absolute Gasteiger partial charge is 0.365 e. The molecule has 1 amide bonds. The molecule has 0 atom stereocenters. The van der Waals surface area contributed by atoms with E-state index < -0.39 is 0 Å². The zero-order valence-corrected chi connectivity index (χ0v) is 17.7. The van der Waals surface area contributed by atoms with Crippen molar-refractivity contribution in [1.29, 1.82) is 5.26 Å². The highest BCUT2D eigenvalue weighted by Gasteiger charge is 2.29. The van der Waals surface area contributed by atoms with Crippen molar-refractivity contribution in [3.8, 4) is 6.07 Å². The van der Waals surface area contributed by atoms with Gasteiger partial charge in [-0.15, -0.1) is 0 Å². The number of anilines is 1. The molecule has 1 heterocycles. The molecule has 3 rings (SSSR count). The molecule has 4 nitrogen and oxygen atoms in total. The summed E-state index contributed by atoms with van der Waals surface area (Å²) in [7, 11) is 2.11. The van der Waals surface area contributed by atoms with Gasteiger partial charge < -0.3 is 10.2 Å². The predicted octanol–water partition coefficient (Wildman–Crippen LogP) is 4.98. The molecule has 1 aliphatic carbocycles. The van der Waals surface area contributed by atoms with E-state index in [1.807, 2.05) is 6.92 Å². The minimum atomic E-state index is -0.253. The van der Waals surface area contributed by atoms with Gasteiger partial charge >= 0.3 is 0 Å². The Labute approximate surface area is 168 Å². The topological polar surface area (TPSA) is 56.1 Å². The molecule has 0 saturated heterocycles. The molecular formula is C24H31N3O. The van der Waals surface area contributed by atoms with Crippen molar-refractivity contribution >= 4 is 23.2 Å². The van der Waals surface area contributed by atoms with Crippen LogP contribution in [-0.4, -0.2) is 24.5 Å². The second-order valence-electron chi connectivity index (χ2n) is 8.74. The number of benzene rings is 1. The average Bonchev–Trinajstić information content (AvgIpc) is 2.65. The average molecular weight is 378 g/mol. The Morgan fingerprint density at radius 2 is 1.93 bits per heavy atom. The number of nitrogens with one attached hydrogen (secondary N) is 1. The molecule has 1 aromatic rings. The quantitative estimate of drug-likeness (QED) is 0.597. The summed E-state index contributed by atoms with van der Waals surface area (Å²) in [6.07, 6.45) is 9.55. The molecule has 0 bridgehead atoms. The lowest BCUT2D eigenvalue weighted by Crippen LogP contribution is -2.42. The molecular weight excluding hydrogens is 346 g/mol. The Bertz CT molecular complexity index is 880. The lowest BCUT2D eigenvalue weighted by atomic mass is 9.87. The number of fused-ring (bicyclic) bond motifs is 1. The Hall–Kier alpha value is -2.54. The molecule has 1 aromatic carbocycles. The number of amides is 1. The first-order chi connectivity index (χ1) is 13.2. The van der Waals surface area contributed by atoms with Crippen LogP contribution in [0.3, 0.4) is 0 Å². The minimum absolute atomic E-state index is 0.0431. The number of hydrogen-bond donors (Lipinski definition) is 1. The Morgan fingerprint density at radius 1 is 1.25 bits per heavy atom. The number of allylic oxidation sites excluding steroid dienone is 1. The van der Waals surface area contributed by atoms with Gasteiger partial charge in [-0.2, -0.15) is 5.26 Å². The molecule has 28 heavy (non-hydrogen) atoms. The molecule has 0 unspecified atom stereocenters. The third kappa shape index (κ3) is 3.99. The summed E-state index contributed by atoms with van der Waals surface area (Å²) >= 11 is 0. The molecule has 0 aromatic heterocycles. The number of nitrogens with zero attached hydrogens (tertiary/aromatic N) is 2. The van der Waals surface area contributed by atoms with Crippen LogP contribution in [0.15, 0.2) is 23.8 Å². The van der Waals surface area contributed by atoms with Crippen molar-refractivity contribution in [1.82, 2.24) is 5.32 Å². The van der Waals surface area contributed by atoms with Gasteiger partial charge in [0.05, 0.1) is 5.54 Å². The number of rotatable bonds is 3. The fourth-order valence-corrected chi connectivity index (χ4v) is 4.29. The number of carbonyl (C=O) groups is 1. The molecule has 1 aliphatic heterocycles. The first-order valence-electron chi connectivity index (χ1n) is 10.2. The van der Waals surface area contributed by atoms with Crippen LogP contribution < -0.4 is 10.2 Å². The van der Waals surface area contributed by atoms with Gasteiger partial charge in [0.1, 0.15) is 11.6 Å². The van der Waals surface area contributed by atoms with Crippen molar-refractivity contribution < 1.29 is 4.79 Å². The summed E-state index contributed by atoms with van der Waals surface area (Å²) in [5.41, 5.74) is 5.69. The van der Waals surface area contributed by atoms with Crippen molar-refractivity contribution in [2.24, 2.45) is 0 Å². The van der Waals surface area contributed by atoms with Crippen LogP contribution in [0.4, 0.5) is 5.69 Å². The molecule has 1 fully saturated rings. The SMILES string of the molecule is CC1=CC(C)(C)N(C)c2cc(C)c(/C=C(/C#N)C(=O)NC3CCCCC3)cc21. The van der Waals surface area contributed by atoms with Crippen LogP contribution in [-0.2, 0) is 4.79 Å². The first-order valence-corrected chi connectivity index (χ1v) is 10.2. The fourth-order valence-electron chi connectivity index (χ4n) is 4.29. The molecule has 148 valence electrons. The zero-order valence-electron chi connectivity index (χ0n) is 17.7. The van der Waals surface area contributed by atoms with E-state index in [0.717, 1.165) is 42.4 Å². The summed E-state index contributed by atoms with van der Waals surface area (Å²) in [4.78, 5) is 14.9. The van der Waals surface area contributed by atoms with Gasteiger partial charge in [0.15, 0.2) is 0 Å². The van der Waals surface area contributed by atoms with Crippen molar-refractivity contribution in [2.45, 2.75) is 71.4 Å². The molecule has 0 radical (unpaired) electrons. The summed E-state index contributed by atoms with van der Waals surface area (Å²) in [5, 5.41) is 12.6. The van der Waals surface area contributed by atoms with Crippen molar-refractivity contribution in [3.63, 3.8) is 0 Å². The monoisotopic (exact) mass is 377 g/mol. The van der Waals surface area contributed by atoms with E-state index in [-0.39, 0.29) is 23.1 Å². The van der Waals surface area contributed by atoms with Crippen molar-refractivity contribution in [2.75, 3.05) is 11.9 Å². The molecule has 0 spiro atoms. The second kappa shape index (κ2) is 7.83. The van der Waals surface area contributed by atoms with E-state index in [1.54, 1.807) is 6.08 Å². The highest BCUT2D eigenvalue weighted by atomic mass is 16.1. The van der Waals surface area contributed by atoms with E-state index >= 15 is 0 Å². The van der Waals surface area contributed by atoms with Crippen molar-refractivity contribution in [3.05, 3.63) is 40.5 Å². The zero-order chi connectivity index (χ0) is 20.5. The van der Waals surface area contributed by atoms with E-state index in [0.29, 0.717) is 0 Å². The Morgan fingerprint density at radius 3 is 2.57 bits per heavy atom. The highest BCUT2D eigenvalue weighted by molar-refractivity contribution is 6.02. The number of aryl methyl sites for hydroxylation is 1. The summed E-state index contributed by atoms with van der Waals surface area (Å²) < 4.78 is 0. The standard InChI is InChI=1S/C24H31N3O/c1-16-11-22-21(17(2)14-24(3,4)27(22)5)13-18(16)12-19(15-25)23(28)26-20-9-7-6-8-10-20/h11-14,20H,6-10H2,1-5H3,(H,26,28)/b19-12-. The van der Waals surface area contributed by atoms with Gasteiger partial charge in [-0.05, 0) is 75.4 Å². The maximum absolute atomic E-state index is 12.6. The molecule has 1 N–H and O–H groups in total. The summed E-state index contributed by atoms with van der Waals surface area (Å²) in [6, 6.07) is 6.57. The number of carbonyl (C=O) groups excluding carboxylic acids is 1. The smallest absolute Gasteiger partial charge is 0.262 e. The van der Waals surface area contributed by atoms with Crippen LogP contribution in [0.5, 0.6) is 0 Å². The molecule has 2 aliphatic rings.